The molecule has 0 radical (unpaired) electrons. The van der Waals surface area contributed by atoms with Gasteiger partial charge in [-0.15, -0.1) is 10.2 Å². The molecule has 134 valence electrons. The molecular formula is C19H20N4O3. The maximum Gasteiger partial charge on any atom is 0.257 e. The second-order valence-corrected chi connectivity index (χ2v) is 5.73. The Morgan fingerprint density at radius 2 is 1.92 bits per heavy atom. The Morgan fingerprint density at radius 1 is 1.12 bits per heavy atom. The number of carbonyl (C=O) groups excluding carboxylic acids is 2. The fourth-order valence-corrected chi connectivity index (χ4v) is 2.52. The lowest BCUT2D eigenvalue weighted by Crippen LogP contribution is -2.30. The van der Waals surface area contributed by atoms with Crippen LogP contribution in [0.3, 0.4) is 0 Å². The van der Waals surface area contributed by atoms with E-state index in [-0.39, 0.29) is 18.3 Å². The van der Waals surface area contributed by atoms with E-state index < -0.39 is 0 Å². The van der Waals surface area contributed by atoms with Crippen molar-refractivity contribution in [2.75, 3.05) is 13.2 Å². The number of hydrogen-bond acceptors (Lipinski definition) is 5. The summed E-state index contributed by atoms with van der Waals surface area (Å²) >= 11 is 0. The van der Waals surface area contributed by atoms with Crippen LogP contribution >= 0.6 is 0 Å². The van der Waals surface area contributed by atoms with Gasteiger partial charge in [0, 0.05) is 31.1 Å². The van der Waals surface area contributed by atoms with Gasteiger partial charge in [0.05, 0.1) is 0 Å². The fraction of sp³-hybridized carbons (Fsp3) is 0.263. The third kappa shape index (κ3) is 4.24. The predicted molar refractivity (Wildman–Crippen MR) is 96.3 cm³/mol. The van der Waals surface area contributed by atoms with Crippen LogP contribution in [0.1, 0.15) is 29.5 Å². The van der Waals surface area contributed by atoms with E-state index in [1.54, 1.807) is 24.3 Å². The summed E-state index contributed by atoms with van der Waals surface area (Å²) < 4.78 is 7.33. The van der Waals surface area contributed by atoms with E-state index in [9.17, 15) is 9.59 Å². The molecule has 2 heterocycles. The van der Waals surface area contributed by atoms with Crippen molar-refractivity contribution in [1.29, 1.82) is 0 Å². The lowest BCUT2D eigenvalue weighted by atomic mass is 10.1. The van der Waals surface area contributed by atoms with Crippen LogP contribution in [0.2, 0.25) is 0 Å². The first kappa shape index (κ1) is 17.6. The van der Waals surface area contributed by atoms with Gasteiger partial charge in [0.15, 0.2) is 18.0 Å². The summed E-state index contributed by atoms with van der Waals surface area (Å²) in [7, 11) is 0. The first-order valence-electron chi connectivity index (χ1n) is 8.49. The second kappa shape index (κ2) is 8.24. The van der Waals surface area contributed by atoms with Gasteiger partial charge in [-0.1, -0.05) is 13.0 Å². The molecule has 7 nitrogen and oxygen atoms in total. The highest BCUT2D eigenvalue weighted by Gasteiger charge is 2.07. The van der Waals surface area contributed by atoms with E-state index >= 15 is 0 Å². The highest BCUT2D eigenvalue weighted by Crippen LogP contribution is 2.13. The normalized spacial score (nSPS) is 10.7. The maximum absolute atomic E-state index is 11.9. The van der Waals surface area contributed by atoms with E-state index in [1.165, 1.54) is 0 Å². The molecule has 0 unspecified atom stereocenters. The van der Waals surface area contributed by atoms with Crippen LogP contribution in [0.4, 0.5) is 0 Å². The number of benzene rings is 1. The maximum atomic E-state index is 11.9. The molecule has 1 amide bonds. The molecule has 0 aliphatic heterocycles. The van der Waals surface area contributed by atoms with Crippen molar-refractivity contribution in [3.63, 3.8) is 0 Å². The molecule has 1 N–H and O–H groups in total. The van der Waals surface area contributed by atoms with Crippen LogP contribution in [-0.2, 0) is 11.2 Å². The second-order valence-electron chi connectivity index (χ2n) is 5.73. The zero-order valence-corrected chi connectivity index (χ0v) is 14.5. The SMILES string of the molecule is CCC(=O)c1ccc(OCC(=O)NCCc2nnc3ccccn23)cc1. The Hall–Kier alpha value is -3.22. The van der Waals surface area contributed by atoms with Crippen molar-refractivity contribution < 1.29 is 14.3 Å². The quantitative estimate of drug-likeness (QED) is 0.627. The number of rotatable bonds is 8. The van der Waals surface area contributed by atoms with Crippen LogP contribution in [-0.4, -0.2) is 39.4 Å². The lowest BCUT2D eigenvalue weighted by Gasteiger charge is -2.08. The van der Waals surface area contributed by atoms with Crippen molar-refractivity contribution in [2.45, 2.75) is 19.8 Å². The van der Waals surface area contributed by atoms with Gasteiger partial charge >= 0.3 is 0 Å². The van der Waals surface area contributed by atoms with E-state index in [0.717, 1.165) is 11.5 Å². The van der Waals surface area contributed by atoms with Gasteiger partial charge in [-0.05, 0) is 36.4 Å². The van der Waals surface area contributed by atoms with Gasteiger partial charge in [-0.3, -0.25) is 14.0 Å². The van der Waals surface area contributed by atoms with Crippen LogP contribution in [0.25, 0.3) is 5.65 Å². The van der Waals surface area contributed by atoms with E-state index in [1.807, 2.05) is 35.7 Å². The number of hydrogen-bond donors (Lipinski definition) is 1. The Morgan fingerprint density at radius 3 is 2.69 bits per heavy atom. The molecule has 3 rings (SSSR count). The largest absolute Gasteiger partial charge is 0.484 e. The molecular weight excluding hydrogens is 332 g/mol. The molecule has 0 fully saturated rings. The molecule has 3 aromatic rings. The minimum atomic E-state index is -0.215. The summed E-state index contributed by atoms with van der Waals surface area (Å²) in [4.78, 5) is 23.5. The number of fused-ring (bicyclic) bond motifs is 1. The van der Waals surface area contributed by atoms with E-state index in [2.05, 4.69) is 15.5 Å². The molecule has 0 spiro atoms. The molecule has 1 aromatic carbocycles. The van der Waals surface area contributed by atoms with Crippen molar-refractivity contribution >= 4 is 17.3 Å². The number of nitrogens with one attached hydrogen (secondary N) is 1. The molecule has 0 saturated carbocycles. The van der Waals surface area contributed by atoms with Gasteiger partial charge in [0.1, 0.15) is 11.6 Å². The Bertz CT molecular complexity index is 903. The number of ketones is 1. The average molecular weight is 352 g/mol. The standard InChI is InChI=1S/C19H20N4O3/c1-2-16(24)14-6-8-15(9-7-14)26-13-19(25)20-11-10-18-22-21-17-5-3-4-12-23(17)18/h3-9,12H,2,10-11,13H2,1H3,(H,20,25). The highest BCUT2D eigenvalue weighted by atomic mass is 16.5. The fourth-order valence-electron chi connectivity index (χ4n) is 2.52. The highest BCUT2D eigenvalue weighted by molar-refractivity contribution is 5.95. The van der Waals surface area contributed by atoms with Crippen LogP contribution < -0.4 is 10.1 Å². The minimum Gasteiger partial charge on any atom is -0.484 e. The number of pyridine rings is 1. The summed E-state index contributed by atoms with van der Waals surface area (Å²) in [5.74, 6) is 1.21. The third-order valence-corrected chi connectivity index (χ3v) is 3.92. The zero-order valence-electron chi connectivity index (χ0n) is 14.5. The smallest absolute Gasteiger partial charge is 0.257 e. The van der Waals surface area contributed by atoms with Crippen molar-refractivity contribution in [3.05, 3.63) is 60.0 Å². The van der Waals surface area contributed by atoms with Crippen LogP contribution in [0.5, 0.6) is 5.75 Å². The Kier molecular flexibility index (Phi) is 5.58. The predicted octanol–water partition coefficient (Wildman–Crippen LogP) is 2.06. The summed E-state index contributed by atoms with van der Waals surface area (Å²) in [6, 6.07) is 12.5. The van der Waals surface area contributed by atoms with Gasteiger partial charge in [0.2, 0.25) is 0 Å². The molecule has 0 atom stereocenters. The van der Waals surface area contributed by atoms with Gasteiger partial charge < -0.3 is 10.1 Å². The number of aromatic nitrogens is 3. The van der Waals surface area contributed by atoms with Gasteiger partial charge in [-0.2, -0.15) is 0 Å². The molecule has 2 aromatic heterocycles. The topological polar surface area (TPSA) is 85.6 Å². The summed E-state index contributed by atoms with van der Waals surface area (Å²) in [6.45, 7) is 2.18. The van der Waals surface area contributed by atoms with Crippen molar-refractivity contribution in [1.82, 2.24) is 19.9 Å². The zero-order chi connectivity index (χ0) is 18.4. The summed E-state index contributed by atoms with van der Waals surface area (Å²) in [5.41, 5.74) is 1.42. The van der Waals surface area contributed by atoms with Crippen molar-refractivity contribution in [2.24, 2.45) is 0 Å². The number of nitrogens with zero attached hydrogens (tertiary/aromatic N) is 3. The van der Waals surface area contributed by atoms with Crippen LogP contribution in [0, 0.1) is 0 Å². The van der Waals surface area contributed by atoms with Crippen molar-refractivity contribution in [3.8, 4) is 5.75 Å². The van der Waals surface area contributed by atoms with Gasteiger partial charge in [-0.25, -0.2) is 0 Å². The number of amides is 1. The summed E-state index contributed by atoms with van der Waals surface area (Å²) in [6.07, 6.45) is 2.93. The number of Topliss-reactive ketones (excluding diaryl/α,β-unsaturated/α-hetero) is 1. The Balaban J connectivity index is 1.43. The Labute approximate surface area is 151 Å². The van der Waals surface area contributed by atoms with Gasteiger partial charge in [0.25, 0.3) is 5.91 Å². The lowest BCUT2D eigenvalue weighted by molar-refractivity contribution is -0.123. The summed E-state index contributed by atoms with van der Waals surface area (Å²) in [5, 5.41) is 11.0. The first-order valence-corrected chi connectivity index (χ1v) is 8.49. The number of carbonyl (C=O) groups is 2. The molecule has 0 saturated heterocycles. The average Bonchev–Trinajstić information content (AvgIpc) is 3.09. The molecule has 0 aliphatic carbocycles. The molecule has 26 heavy (non-hydrogen) atoms. The van der Waals surface area contributed by atoms with Crippen LogP contribution in [0.15, 0.2) is 48.7 Å². The molecule has 0 bridgehead atoms. The molecule has 0 aliphatic rings. The van der Waals surface area contributed by atoms with E-state index in [4.69, 9.17) is 4.74 Å². The monoisotopic (exact) mass is 352 g/mol. The van der Waals surface area contributed by atoms with E-state index in [0.29, 0.717) is 30.7 Å². The molecule has 7 heteroatoms. The first-order chi connectivity index (χ1) is 12.7. The third-order valence-electron chi connectivity index (χ3n) is 3.92. The number of ether oxygens (including phenoxy) is 1. The minimum absolute atomic E-state index is 0.0790.